The van der Waals surface area contributed by atoms with Gasteiger partial charge in [-0.1, -0.05) is 60.7 Å². The van der Waals surface area contributed by atoms with E-state index in [0.29, 0.717) is 0 Å². The zero-order chi connectivity index (χ0) is 18.4. The highest BCUT2D eigenvalue weighted by molar-refractivity contribution is 5.94. The molecule has 0 saturated carbocycles. The second-order valence-corrected chi connectivity index (χ2v) is 7.10. The predicted molar refractivity (Wildman–Crippen MR) is 114 cm³/mol. The molecule has 1 aliphatic rings. The molecular weight excluding hydrogens is 328 g/mol. The van der Waals surface area contributed by atoms with Gasteiger partial charge in [-0.25, -0.2) is 0 Å². The van der Waals surface area contributed by atoms with Gasteiger partial charge < -0.3 is 11.5 Å². The number of fused-ring (bicyclic) bond motifs is 3. The summed E-state index contributed by atoms with van der Waals surface area (Å²) in [6.45, 7) is 0. The van der Waals surface area contributed by atoms with Gasteiger partial charge in [-0.05, 0) is 75.2 Å². The van der Waals surface area contributed by atoms with E-state index in [-0.39, 0.29) is 0 Å². The molecule has 1 aliphatic carbocycles. The Hall–Kier alpha value is -3.52. The SMILES string of the molecule is Nc1cccc(-c2ccc3c(c2-c2cccc(N)c2)Cc2ccccc2-3)c1. The number of rotatable bonds is 2. The number of anilines is 2. The fourth-order valence-corrected chi connectivity index (χ4v) is 4.18. The van der Waals surface area contributed by atoms with Crippen molar-refractivity contribution in [3.05, 3.63) is 96.1 Å². The third kappa shape index (κ3) is 2.58. The fourth-order valence-electron chi connectivity index (χ4n) is 4.18. The first kappa shape index (κ1) is 15.7. The van der Waals surface area contributed by atoms with Gasteiger partial charge >= 0.3 is 0 Å². The van der Waals surface area contributed by atoms with Crippen LogP contribution < -0.4 is 11.5 Å². The van der Waals surface area contributed by atoms with Gasteiger partial charge in [0.1, 0.15) is 0 Å². The molecule has 4 aromatic rings. The van der Waals surface area contributed by atoms with Crippen LogP contribution >= 0.6 is 0 Å². The molecule has 0 unspecified atom stereocenters. The second-order valence-electron chi connectivity index (χ2n) is 7.10. The maximum atomic E-state index is 6.12. The Bertz CT molecular complexity index is 1170. The predicted octanol–water partition coefficient (Wildman–Crippen LogP) is 5.76. The summed E-state index contributed by atoms with van der Waals surface area (Å²) in [6.07, 6.45) is 0.936. The minimum Gasteiger partial charge on any atom is -0.399 e. The number of benzene rings is 4. The number of hydrogen-bond acceptors (Lipinski definition) is 2. The van der Waals surface area contributed by atoms with Gasteiger partial charge in [-0.15, -0.1) is 0 Å². The molecule has 130 valence electrons. The minimum absolute atomic E-state index is 0.773. The Labute approximate surface area is 159 Å². The van der Waals surface area contributed by atoms with Gasteiger partial charge in [0.25, 0.3) is 0 Å². The molecule has 2 nitrogen and oxygen atoms in total. The first-order valence-corrected chi connectivity index (χ1v) is 9.17. The van der Waals surface area contributed by atoms with Gasteiger partial charge in [-0.3, -0.25) is 0 Å². The van der Waals surface area contributed by atoms with Crippen LogP contribution in [0.25, 0.3) is 33.4 Å². The summed E-state index contributed by atoms with van der Waals surface area (Å²) in [4.78, 5) is 0. The summed E-state index contributed by atoms with van der Waals surface area (Å²) >= 11 is 0. The van der Waals surface area contributed by atoms with Crippen LogP contribution in [0, 0.1) is 0 Å². The maximum Gasteiger partial charge on any atom is 0.0320 e. The van der Waals surface area contributed by atoms with Crippen LogP contribution in [0.2, 0.25) is 0 Å². The van der Waals surface area contributed by atoms with Crippen molar-refractivity contribution in [2.24, 2.45) is 0 Å². The lowest BCUT2D eigenvalue weighted by Crippen LogP contribution is -1.95. The van der Waals surface area contributed by atoms with Crippen LogP contribution in [0.1, 0.15) is 11.1 Å². The number of hydrogen-bond donors (Lipinski definition) is 2. The van der Waals surface area contributed by atoms with Crippen molar-refractivity contribution in [1.29, 1.82) is 0 Å². The van der Waals surface area contributed by atoms with Gasteiger partial charge in [0.15, 0.2) is 0 Å². The largest absolute Gasteiger partial charge is 0.399 e. The molecule has 0 atom stereocenters. The molecule has 2 heteroatoms. The molecule has 0 heterocycles. The first-order valence-electron chi connectivity index (χ1n) is 9.17. The van der Waals surface area contributed by atoms with Crippen LogP contribution in [0.5, 0.6) is 0 Å². The summed E-state index contributed by atoms with van der Waals surface area (Å²) in [5, 5.41) is 0. The molecule has 0 aromatic heterocycles. The molecule has 0 bridgehead atoms. The van der Waals surface area contributed by atoms with Gasteiger partial charge in [-0.2, -0.15) is 0 Å². The quantitative estimate of drug-likeness (QED) is 0.399. The molecule has 27 heavy (non-hydrogen) atoms. The first-order chi connectivity index (χ1) is 13.2. The summed E-state index contributed by atoms with van der Waals surface area (Å²) < 4.78 is 0. The Morgan fingerprint density at radius 3 is 2.00 bits per heavy atom. The van der Waals surface area contributed by atoms with E-state index in [9.17, 15) is 0 Å². The summed E-state index contributed by atoms with van der Waals surface area (Å²) in [5.74, 6) is 0. The maximum absolute atomic E-state index is 6.12. The number of nitrogens with two attached hydrogens (primary N) is 2. The highest BCUT2D eigenvalue weighted by Gasteiger charge is 2.24. The molecule has 5 rings (SSSR count). The number of nitrogen functional groups attached to an aromatic ring is 2. The average molecular weight is 348 g/mol. The summed E-state index contributed by atoms with van der Waals surface area (Å²) in [6, 6.07) is 29.4. The zero-order valence-corrected chi connectivity index (χ0v) is 14.9. The van der Waals surface area contributed by atoms with E-state index in [1.54, 1.807) is 0 Å². The van der Waals surface area contributed by atoms with Crippen LogP contribution in [-0.2, 0) is 6.42 Å². The van der Waals surface area contributed by atoms with Crippen LogP contribution in [-0.4, -0.2) is 0 Å². The Morgan fingerprint density at radius 1 is 0.556 bits per heavy atom. The Balaban J connectivity index is 1.82. The third-order valence-corrected chi connectivity index (χ3v) is 5.36. The van der Waals surface area contributed by atoms with Crippen molar-refractivity contribution in [2.45, 2.75) is 6.42 Å². The van der Waals surface area contributed by atoms with E-state index in [2.05, 4.69) is 54.6 Å². The molecule has 4 aromatic carbocycles. The molecule has 0 radical (unpaired) electrons. The molecule has 0 spiro atoms. The van der Waals surface area contributed by atoms with E-state index >= 15 is 0 Å². The van der Waals surface area contributed by atoms with Crippen LogP contribution in [0.4, 0.5) is 11.4 Å². The van der Waals surface area contributed by atoms with Crippen molar-refractivity contribution >= 4 is 11.4 Å². The highest BCUT2D eigenvalue weighted by Crippen LogP contribution is 2.46. The lowest BCUT2D eigenvalue weighted by Gasteiger charge is -2.16. The van der Waals surface area contributed by atoms with Crippen LogP contribution in [0.15, 0.2) is 84.9 Å². The summed E-state index contributed by atoms with van der Waals surface area (Å²) in [5.41, 5.74) is 23.9. The molecular formula is C25H20N2. The van der Waals surface area contributed by atoms with E-state index in [0.717, 1.165) is 28.9 Å². The van der Waals surface area contributed by atoms with E-state index in [1.165, 1.54) is 33.4 Å². The lowest BCUT2D eigenvalue weighted by atomic mass is 9.87. The van der Waals surface area contributed by atoms with Gasteiger partial charge in [0, 0.05) is 11.4 Å². The second kappa shape index (κ2) is 6.03. The van der Waals surface area contributed by atoms with Crippen molar-refractivity contribution in [3.8, 4) is 33.4 Å². The third-order valence-electron chi connectivity index (χ3n) is 5.36. The lowest BCUT2D eigenvalue weighted by molar-refractivity contribution is 1.26. The van der Waals surface area contributed by atoms with Crippen molar-refractivity contribution in [2.75, 3.05) is 11.5 Å². The van der Waals surface area contributed by atoms with E-state index < -0.39 is 0 Å². The Morgan fingerprint density at radius 2 is 1.22 bits per heavy atom. The van der Waals surface area contributed by atoms with Crippen molar-refractivity contribution < 1.29 is 0 Å². The smallest absolute Gasteiger partial charge is 0.0320 e. The minimum atomic E-state index is 0.773. The standard InChI is InChI=1S/C25H20N2/c26-19-8-3-6-16(13-19)22-11-12-23-21-10-2-1-5-17(21)15-24(23)25(22)18-7-4-9-20(27)14-18/h1-14H,15,26-27H2. The average Bonchev–Trinajstić information content (AvgIpc) is 3.06. The van der Waals surface area contributed by atoms with E-state index in [1.807, 2.05) is 30.3 Å². The zero-order valence-electron chi connectivity index (χ0n) is 14.9. The molecule has 0 saturated heterocycles. The molecule has 4 N–H and O–H groups in total. The fraction of sp³-hybridized carbons (Fsp3) is 0.0400. The molecule has 0 amide bonds. The normalized spacial score (nSPS) is 11.9. The monoisotopic (exact) mass is 348 g/mol. The summed E-state index contributed by atoms with van der Waals surface area (Å²) in [7, 11) is 0. The molecule has 0 aliphatic heterocycles. The topological polar surface area (TPSA) is 52.0 Å². The van der Waals surface area contributed by atoms with Crippen molar-refractivity contribution in [1.82, 2.24) is 0 Å². The van der Waals surface area contributed by atoms with Gasteiger partial charge in [0.05, 0.1) is 0 Å². The van der Waals surface area contributed by atoms with Crippen LogP contribution in [0.3, 0.4) is 0 Å². The van der Waals surface area contributed by atoms with Gasteiger partial charge in [0.2, 0.25) is 0 Å². The highest BCUT2D eigenvalue weighted by atomic mass is 14.5. The molecule has 0 fully saturated rings. The van der Waals surface area contributed by atoms with E-state index in [4.69, 9.17) is 11.5 Å². The Kier molecular flexibility index (Phi) is 3.51. The van der Waals surface area contributed by atoms with Crippen molar-refractivity contribution in [3.63, 3.8) is 0 Å².